The molecule has 3 nitrogen and oxygen atoms in total. The predicted molar refractivity (Wildman–Crippen MR) is 126 cm³/mol. The van der Waals surface area contributed by atoms with E-state index in [2.05, 4.69) is 128 Å². The summed E-state index contributed by atoms with van der Waals surface area (Å²) in [5, 5.41) is 22.1. The maximum absolute atomic E-state index is 5.77. The van der Waals surface area contributed by atoms with Crippen molar-refractivity contribution in [1.82, 2.24) is 0 Å². The van der Waals surface area contributed by atoms with Crippen LogP contribution in [0.2, 0.25) is 0 Å². The minimum Gasteiger partial charge on any atom is -0.248 e. The Kier molecular flexibility index (Phi) is 15.6. The third kappa shape index (κ3) is 10.3. The fourth-order valence-corrected chi connectivity index (χ4v) is 2.51. The van der Waals surface area contributed by atoms with Crippen LogP contribution in [0, 0.1) is 16.2 Å². The third-order valence-electron chi connectivity index (χ3n) is 3.40. The Bertz CT molecular complexity index is 758. The molecule has 0 aromatic heterocycles. The van der Waals surface area contributed by atoms with E-state index in [1.807, 2.05) is 0 Å². The van der Waals surface area contributed by atoms with Gasteiger partial charge in [0.1, 0.15) is 0 Å². The van der Waals surface area contributed by atoms with Crippen molar-refractivity contribution in [1.29, 1.82) is 16.2 Å². The topological polar surface area (TPSA) is 71.6 Å². The molecule has 0 saturated carbocycles. The van der Waals surface area contributed by atoms with Gasteiger partial charge < -0.3 is 0 Å². The number of isothiocyanates is 3. The highest BCUT2D eigenvalue weighted by atomic mass is 32.1. The number of thiocarbonyl (C=S) groups is 3. The second kappa shape index (κ2) is 17.5. The van der Waals surface area contributed by atoms with Gasteiger partial charge in [0.15, 0.2) is 0 Å². The second-order valence-electron chi connectivity index (χ2n) is 4.97. The summed E-state index contributed by atoms with van der Waals surface area (Å²) < 4.78 is 0. The molecule has 3 rings (SSSR count). The van der Waals surface area contributed by atoms with Crippen LogP contribution in [0.1, 0.15) is 22.6 Å². The van der Waals surface area contributed by atoms with Gasteiger partial charge in [-0.2, -0.15) is 0 Å². The molecule has 0 atom stereocenters. The second-order valence-corrected chi connectivity index (χ2v) is 5.58. The normalized spacial score (nSPS) is 8.04. The Hall–Kier alpha value is -2.94. The summed E-state index contributed by atoms with van der Waals surface area (Å²) in [5.41, 5.74) is 4.00. The van der Waals surface area contributed by atoms with Gasteiger partial charge in [0.05, 0.1) is 15.5 Å². The zero-order valence-electron chi connectivity index (χ0n) is 15.0. The number of rotatable bonds is 3. The molecule has 0 radical (unpaired) electrons. The van der Waals surface area contributed by atoms with Crippen molar-refractivity contribution >= 4 is 52.1 Å². The molecule has 3 aromatic rings. The summed E-state index contributed by atoms with van der Waals surface area (Å²) in [4.78, 5) is 0. The summed E-state index contributed by atoms with van der Waals surface area (Å²) in [6.07, 6.45) is 0. The van der Waals surface area contributed by atoms with Crippen LogP contribution in [0.15, 0.2) is 91.0 Å². The molecule has 0 aliphatic rings. The zero-order chi connectivity index (χ0) is 21.0. The maximum atomic E-state index is 5.77. The Labute approximate surface area is 181 Å². The van der Waals surface area contributed by atoms with Crippen molar-refractivity contribution in [3.8, 4) is 0 Å². The van der Waals surface area contributed by atoms with Crippen molar-refractivity contribution in [2.24, 2.45) is 0 Å². The molecule has 0 amide bonds. The van der Waals surface area contributed by atoms with Crippen molar-refractivity contribution in [3.05, 3.63) is 108 Å². The van der Waals surface area contributed by atoms with Crippen molar-refractivity contribution in [3.63, 3.8) is 0 Å². The summed E-state index contributed by atoms with van der Waals surface area (Å²) >= 11 is 11.4. The van der Waals surface area contributed by atoms with Gasteiger partial charge in [-0.3, -0.25) is 0 Å². The van der Waals surface area contributed by atoms with Crippen LogP contribution >= 0.6 is 36.7 Å². The highest BCUT2D eigenvalue weighted by molar-refractivity contribution is 7.78. The van der Waals surface area contributed by atoms with Crippen LogP contribution in [0.4, 0.5) is 0 Å². The van der Waals surface area contributed by atoms with Crippen molar-refractivity contribution in [2.45, 2.75) is 5.92 Å². The van der Waals surface area contributed by atoms with Gasteiger partial charge in [-0.1, -0.05) is 91.0 Å². The summed E-state index contributed by atoms with van der Waals surface area (Å²) in [6, 6.07) is 32.0. The van der Waals surface area contributed by atoms with E-state index in [1.165, 1.54) is 16.7 Å². The van der Waals surface area contributed by atoms with E-state index in [1.54, 1.807) is 15.5 Å². The number of benzene rings is 3. The minimum atomic E-state index is 0.309. The Morgan fingerprint density at radius 3 is 0.821 bits per heavy atom. The van der Waals surface area contributed by atoms with E-state index in [4.69, 9.17) is 16.2 Å². The lowest BCUT2D eigenvalue weighted by molar-refractivity contribution is 0.977. The largest absolute Gasteiger partial charge is 0.248 e. The summed E-state index contributed by atoms with van der Waals surface area (Å²) in [5.74, 6) is 0.309. The summed E-state index contributed by atoms with van der Waals surface area (Å²) in [7, 11) is 0. The quantitative estimate of drug-likeness (QED) is 0.245. The zero-order valence-corrected chi connectivity index (χ0v) is 17.4. The molecule has 6 heteroatoms. The van der Waals surface area contributed by atoms with Gasteiger partial charge in [0, 0.05) is 5.92 Å². The Balaban J connectivity index is 0.000000695. The first-order valence-electron chi connectivity index (χ1n) is 7.96. The molecule has 0 spiro atoms. The van der Waals surface area contributed by atoms with Crippen molar-refractivity contribution in [2.75, 3.05) is 0 Å². The molecule has 0 heterocycles. The maximum Gasteiger partial charge on any atom is 0.0554 e. The van der Waals surface area contributed by atoms with Gasteiger partial charge >= 0.3 is 0 Å². The van der Waals surface area contributed by atoms with Gasteiger partial charge in [-0.05, 0) is 53.3 Å². The Morgan fingerprint density at radius 2 is 0.643 bits per heavy atom. The molecular weight excluding hydrogens is 402 g/mol. The predicted octanol–water partition coefficient (Wildman–Crippen LogP) is 6.87. The minimum absolute atomic E-state index is 0.309. The van der Waals surface area contributed by atoms with Gasteiger partial charge in [-0.25, -0.2) is 16.2 Å². The molecule has 0 bridgehead atoms. The van der Waals surface area contributed by atoms with Gasteiger partial charge in [0.2, 0.25) is 0 Å². The van der Waals surface area contributed by atoms with E-state index in [9.17, 15) is 0 Å². The average molecular weight is 422 g/mol. The van der Waals surface area contributed by atoms with Gasteiger partial charge in [-0.15, -0.1) is 0 Å². The Morgan fingerprint density at radius 1 is 0.464 bits per heavy atom. The molecule has 3 aromatic carbocycles. The molecule has 0 aliphatic heterocycles. The van der Waals surface area contributed by atoms with E-state index < -0.39 is 0 Å². The molecular formula is C22H19N3S3. The van der Waals surface area contributed by atoms with Crippen LogP contribution in [-0.2, 0) is 0 Å². The lowest BCUT2D eigenvalue weighted by atomic mass is 9.85. The first-order chi connectivity index (χ1) is 13.7. The molecule has 0 unspecified atom stereocenters. The van der Waals surface area contributed by atoms with Crippen LogP contribution in [0.25, 0.3) is 0 Å². The highest BCUT2D eigenvalue weighted by Gasteiger charge is 2.15. The smallest absolute Gasteiger partial charge is 0.0554 e. The van der Waals surface area contributed by atoms with E-state index in [0.29, 0.717) is 5.92 Å². The molecule has 140 valence electrons. The molecule has 0 aliphatic carbocycles. The van der Waals surface area contributed by atoms with E-state index >= 15 is 0 Å². The van der Waals surface area contributed by atoms with E-state index in [-0.39, 0.29) is 0 Å². The SMILES string of the molecule is N=C=S.N=C=S.N=C=S.c1ccc(C(c2ccccc2)c2ccccc2)cc1. The summed E-state index contributed by atoms with van der Waals surface area (Å²) in [6.45, 7) is 0. The van der Waals surface area contributed by atoms with Crippen LogP contribution in [0.3, 0.4) is 0 Å². The number of nitrogens with one attached hydrogen (secondary N) is 3. The number of hydrogen-bond donors (Lipinski definition) is 3. The lowest BCUT2D eigenvalue weighted by Gasteiger charge is -2.18. The monoisotopic (exact) mass is 421 g/mol. The standard InChI is InChI=1S/C19H16.3CHNS/c1-4-10-16(11-5-1)19(17-12-6-2-7-13-17)18-14-8-3-9-15-18;3*2-1-3/h1-15,19H;3*2H. The van der Waals surface area contributed by atoms with Crippen molar-refractivity contribution < 1.29 is 0 Å². The van der Waals surface area contributed by atoms with Crippen LogP contribution < -0.4 is 0 Å². The fraction of sp³-hybridized carbons (Fsp3) is 0.0455. The van der Waals surface area contributed by atoms with Gasteiger partial charge in [0.25, 0.3) is 0 Å². The lowest BCUT2D eigenvalue weighted by Crippen LogP contribution is -2.02. The molecule has 3 N–H and O–H groups in total. The number of hydrogen-bond acceptors (Lipinski definition) is 6. The average Bonchev–Trinajstić information content (AvgIpc) is 2.73. The molecule has 0 saturated heterocycles. The molecule has 28 heavy (non-hydrogen) atoms. The first-order valence-corrected chi connectivity index (χ1v) is 9.19. The fourth-order valence-electron chi connectivity index (χ4n) is 2.51. The third-order valence-corrected chi connectivity index (χ3v) is 3.40. The van der Waals surface area contributed by atoms with Crippen LogP contribution in [-0.4, -0.2) is 15.5 Å². The molecule has 0 fully saturated rings. The van der Waals surface area contributed by atoms with E-state index in [0.717, 1.165) is 0 Å². The highest BCUT2D eigenvalue weighted by Crippen LogP contribution is 2.31. The van der Waals surface area contributed by atoms with Crippen LogP contribution in [0.5, 0.6) is 0 Å². The first kappa shape index (κ1) is 25.1.